The number of carbonyl (C=O) groups excluding carboxylic acids is 2. The van der Waals surface area contributed by atoms with Gasteiger partial charge in [-0.1, -0.05) is 5.21 Å². The Morgan fingerprint density at radius 2 is 2.11 bits per heavy atom. The molecule has 104 valence electrons. The summed E-state index contributed by atoms with van der Waals surface area (Å²) >= 11 is 0. The van der Waals surface area contributed by atoms with Gasteiger partial charge in [0.05, 0.1) is 19.2 Å². The lowest BCUT2D eigenvalue weighted by Crippen LogP contribution is -2.40. The van der Waals surface area contributed by atoms with Crippen LogP contribution >= 0.6 is 0 Å². The van der Waals surface area contributed by atoms with Crippen molar-refractivity contribution in [3.63, 3.8) is 0 Å². The molecule has 0 radical (unpaired) electrons. The monoisotopic (exact) mass is 266 g/mol. The van der Waals surface area contributed by atoms with Crippen molar-refractivity contribution in [1.29, 1.82) is 0 Å². The van der Waals surface area contributed by atoms with Gasteiger partial charge in [-0.3, -0.25) is 9.59 Å². The second-order valence-electron chi connectivity index (χ2n) is 4.74. The number of ether oxygens (including phenoxy) is 1. The second-order valence-corrected chi connectivity index (χ2v) is 4.74. The SMILES string of the molecule is COC(=O)C1CCC(NC(=O)Cn2ccnn2)CC1. The normalized spacial score (nSPS) is 22.8. The van der Waals surface area contributed by atoms with Crippen LogP contribution in [0.15, 0.2) is 12.4 Å². The molecule has 7 nitrogen and oxygen atoms in total. The Morgan fingerprint density at radius 1 is 1.37 bits per heavy atom. The molecule has 1 fully saturated rings. The highest BCUT2D eigenvalue weighted by molar-refractivity contribution is 5.76. The number of nitrogens with zero attached hydrogens (tertiary/aromatic N) is 3. The number of amides is 1. The lowest BCUT2D eigenvalue weighted by Gasteiger charge is -2.27. The molecule has 0 spiro atoms. The van der Waals surface area contributed by atoms with Crippen molar-refractivity contribution in [2.24, 2.45) is 5.92 Å². The summed E-state index contributed by atoms with van der Waals surface area (Å²) in [4.78, 5) is 23.1. The van der Waals surface area contributed by atoms with Crippen LogP contribution in [-0.2, 0) is 20.9 Å². The lowest BCUT2D eigenvalue weighted by atomic mass is 9.86. The maximum atomic E-state index is 11.8. The van der Waals surface area contributed by atoms with Crippen LogP contribution in [-0.4, -0.2) is 40.0 Å². The predicted octanol–water partition coefficient (Wildman–Crippen LogP) is 0.126. The number of hydrogen-bond donors (Lipinski definition) is 1. The second kappa shape index (κ2) is 6.31. The molecule has 19 heavy (non-hydrogen) atoms. The van der Waals surface area contributed by atoms with Crippen LogP contribution in [0.25, 0.3) is 0 Å². The van der Waals surface area contributed by atoms with Crippen molar-refractivity contribution < 1.29 is 14.3 Å². The number of rotatable bonds is 4. The molecular formula is C12H18N4O3. The highest BCUT2D eigenvalue weighted by Crippen LogP contribution is 2.25. The van der Waals surface area contributed by atoms with Crippen LogP contribution in [0.1, 0.15) is 25.7 Å². The first kappa shape index (κ1) is 13.5. The van der Waals surface area contributed by atoms with E-state index in [1.54, 1.807) is 6.20 Å². The largest absolute Gasteiger partial charge is 0.469 e. The number of aromatic nitrogens is 3. The molecule has 0 aliphatic heterocycles. The molecule has 2 rings (SSSR count). The summed E-state index contributed by atoms with van der Waals surface area (Å²) in [6.07, 6.45) is 6.33. The Labute approximate surface area is 111 Å². The number of nitrogens with one attached hydrogen (secondary N) is 1. The molecule has 1 saturated carbocycles. The zero-order chi connectivity index (χ0) is 13.7. The molecule has 1 aromatic rings. The van der Waals surface area contributed by atoms with Crippen molar-refractivity contribution in [1.82, 2.24) is 20.3 Å². The van der Waals surface area contributed by atoms with Gasteiger partial charge < -0.3 is 10.1 Å². The first-order chi connectivity index (χ1) is 9.19. The van der Waals surface area contributed by atoms with Crippen LogP contribution < -0.4 is 5.32 Å². The van der Waals surface area contributed by atoms with Crippen LogP contribution in [0.5, 0.6) is 0 Å². The van der Waals surface area contributed by atoms with Gasteiger partial charge in [0.15, 0.2) is 0 Å². The molecule has 1 N–H and O–H groups in total. The van der Waals surface area contributed by atoms with Gasteiger partial charge in [-0.15, -0.1) is 5.10 Å². The summed E-state index contributed by atoms with van der Waals surface area (Å²) in [5.74, 6) is -0.243. The van der Waals surface area contributed by atoms with Crippen LogP contribution in [0.2, 0.25) is 0 Å². The van der Waals surface area contributed by atoms with Crippen molar-refractivity contribution in [2.45, 2.75) is 38.3 Å². The van der Waals surface area contributed by atoms with Gasteiger partial charge in [-0.2, -0.15) is 0 Å². The van der Waals surface area contributed by atoms with E-state index in [-0.39, 0.29) is 30.4 Å². The van der Waals surface area contributed by atoms with Gasteiger partial charge >= 0.3 is 5.97 Å². The van der Waals surface area contributed by atoms with E-state index < -0.39 is 0 Å². The Morgan fingerprint density at radius 3 is 2.68 bits per heavy atom. The van der Waals surface area contributed by atoms with Crippen LogP contribution in [0.3, 0.4) is 0 Å². The topological polar surface area (TPSA) is 86.1 Å². The fourth-order valence-electron chi connectivity index (χ4n) is 2.38. The van der Waals surface area contributed by atoms with E-state index in [0.29, 0.717) is 0 Å². The average Bonchev–Trinajstić information content (AvgIpc) is 2.91. The van der Waals surface area contributed by atoms with Gasteiger partial charge in [0.25, 0.3) is 0 Å². The number of hydrogen-bond acceptors (Lipinski definition) is 5. The van der Waals surface area contributed by atoms with E-state index in [0.717, 1.165) is 25.7 Å². The Kier molecular flexibility index (Phi) is 4.48. The molecule has 7 heteroatoms. The summed E-state index contributed by atoms with van der Waals surface area (Å²) in [6, 6.07) is 0.136. The summed E-state index contributed by atoms with van der Waals surface area (Å²) in [7, 11) is 1.41. The molecule has 0 aromatic carbocycles. The van der Waals surface area contributed by atoms with E-state index in [9.17, 15) is 9.59 Å². The van der Waals surface area contributed by atoms with Crippen molar-refractivity contribution in [2.75, 3.05) is 7.11 Å². The fraction of sp³-hybridized carbons (Fsp3) is 0.667. The van der Waals surface area contributed by atoms with Crippen LogP contribution in [0.4, 0.5) is 0 Å². The highest BCUT2D eigenvalue weighted by Gasteiger charge is 2.27. The maximum Gasteiger partial charge on any atom is 0.308 e. The molecule has 1 aliphatic carbocycles. The van der Waals surface area contributed by atoms with Gasteiger partial charge in [-0.05, 0) is 25.7 Å². The molecule has 0 saturated heterocycles. The summed E-state index contributed by atoms with van der Waals surface area (Å²) in [5.41, 5.74) is 0. The zero-order valence-electron chi connectivity index (χ0n) is 10.9. The maximum absolute atomic E-state index is 11.8. The lowest BCUT2D eigenvalue weighted by molar-refractivity contribution is -0.146. The Bertz CT molecular complexity index is 424. The zero-order valence-corrected chi connectivity index (χ0v) is 10.9. The first-order valence-electron chi connectivity index (χ1n) is 6.40. The minimum Gasteiger partial charge on any atom is -0.469 e. The van der Waals surface area contributed by atoms with E-state index in [1.807, 2.05) is 0 Å². The highest BCUT2D eigenvalue weighted by atomic mass is 16.5. The third-order valence-corrected chi connectivity index (χ3v) is 3.40. The standard InChI is InChI=1S/C12H18N4O3/c1-19-12(18)9-2-4-10(5-3-9)14-11(17)8-16-7-6-13-15-16/h6-7,9-10H,2-5,8H2,1H3,(H,14,17). The van der Waals surface area contributed by atoms with E-state index in [1.165, 1.54) is 18.0 Å². The average molecular weight is 266 g/mol. The van der Waals surface area contributed by atoms with Crippen molar-refractivity contribution >= 4 is 11.9 Å². The van der Waals surface area contributed by atoms with Crippen molar-refractivity contribution in [3.8, 4) is 0 Å². The first-order valence-corrected chi connectivity index (χ1v) is 6.40. The third-order valence-electron chi connectivity index (χ3n) is 3.40. The summed E-state index contributed by atoms with van der Waals surface area (Å²) < 4.78 is 6.21. The summed E-state index contributed by atoms with van der Waals surface area (Å²) in [5, 5.41) is 10.3. The minimum atomic E-state index is -0.146. The van der Waals surface area contributed by atoms with Gasteiger partial charge in [-0.25, -0.2) is 4.68 Å². The fourth-order valence-corrected chi connectivity index (χ4v) is 2.38. The number of esters is 1. The molecule has 0 unspecified atom stereocenters. The molecule has 1 aliphatic rings. The molecule has 0 bridgehead atoms. The Balaban J connectivity index is 1.73. The molecule has 1 heterocycles. The molecule has 1 aromatic heterocycles. The third kappa shape index (κ3) is 3.77. The number of methoxy groups -OCH3 is 1. The number of carbonyl (C=O) groups is 2. The molecule has 0 atom stereocenters. The Hall–Kier alpha value is -1.92. The van der Waals surface area contributed by atoms with Gasteiger partial charge in [0, 0.05) is 12.2 Å². The van der Waals surface area contributed by atoms with Gasteiger partial charge in [0.2, 0.25) is 5.91 Å². The quantitative estimate of drug-likeness (QED) is 0.783. The predicted molar refractivity (Wildman–Crippen MR) is 65.9 cm³/mol. The van der Waals surface area contributed by atoms with E-state index >= 15 is 0 Å². The smallest absolute Gasteiger partial charge is 0.308 e. The summed E-state index contributed by atoms with van der Waals surface area (Å²) in [6.45, 7) is 0.178. The van der Waals surface area contributed by atoms with Crippen LogP contribution in [0, 0.1) is 5.92 Å². The van der Waals surface area contributed by atoms with Crippen molar-refractivity contribution in [3.05, 3.63) is 12.4 Å². The van der Waals surface area contributed by atoms with Gasteiger partial charge in [0.1, 0.15) is 6.54 Å². The molecule has 1 amide bonds. The minimum absolute atomic E-state index is 0.0199. The molecular weight excluding hydrogens is 248 g/mol. The van der Waals surface area contributed by atoms with E-state index in [4.69, 9.17) is 4.74 Å². The van der Waals surface area contributed by atoms with E-state index in [2.05, 4.69) is 15.6 Å².